The van der Waals surface area contributed by atoms with Gasteiger partial charge in [0, 0.05) is 33.0 Å². The van der Waals surface area contributed by atoms with Crippen molar-refractivity contribution in [2.45, 2.75) is 43.8 Å². The van der Waals surface area contributed by atoms with Crippen molar-refractivity contribution in [3.8, 4) is 0 Å². The van der Waals surface area contributed by atoms with Gasteiger partial charge in [-0.15, -0.1) is 0 Å². The molecule has 0 aromatic carbocycles. The number of nitrogens with zero attached hydrogens (tertiary/aromatic N) is 3. The average Bonchev–Trinajstić information content (AvgIpc) is 3.04. The molecule has 1 saturated carbocycles. The van der Waals surface area contributed by atoms with Gasteiger partial charge >= 0.3 is 0 Å². The fraction of sp³-hybridized carbons (Fsp3) is 0.684. The van der Waals surface area contributed by atoms with Gasteiger partial charge in [-0.1, -0.05) is 0 Å². The van der Waals surface area contributed by atoms with Crippen LogP contribution >= 0.6 is 0 Å². The van der Waals surface area contributed by atoms with E-state index in [1.54, 1.807) is 18.0 Å². The second kappa shape index (κ2) is 6.24. The number of carbonyl (C=O) groups excluding carboxylic acids is 2. The number of carbonyl (C=O) groups is 2. The summed E-state index contributed by atoms with van der Waals surface area (Å²) < 4.78 is 6.60. The molecule has 4 heterocycles. The van der Waals surface area contributed by atoms with Crippen molar-refractivity contribution < 1.29 is 14.3 Å². The molecule has 8 nitrogen and oxygen atoms in total. The minimum absolute atomic E-state index is 0.147. The Kier molecular flexibility index (Phi) is 4.23. The molecule has 1 spiro atoms. The number of hydrogen-bond donors (Lipinski definition) is 2. The number of piperidine rings is 1. The Hall–Kier alpha value is -2.06. The van der Waals surface area contributed by atoms with Gasteiger partial charge in [0.15, 0.2) is 0 Å². The maximum absolute atomic E-state index is 13.0. The third kappa shape index (κ3) is 2.65. The number of nitrogens with one attached hydrogen (secondary N) is 2. The van der Waals surface area contributed by atoms with Crippen LogP contribution in [0.1, 0.15) is 41.9 Å². The van der Waals surface area contributed by atoms with E-state index in [2.05, 4.69) is 20.6 Å². The number of aryl methyl sites for hydroxylation is 1. The van der Waals surface area contributed by atoms with Crippen LogP contribution in [-0.2, 0) is 9.53 Å². The van der Waals surface area contributed by atoms with Crippen molar-refractivity contribution in [2.75, 3.05) is 33.7 Å². The Morgan fingerprint density at radius 2 is 1.89 bits per heavy atom. The zero-order valence-corrected chi connectivity index (χ0v) is 16.2. The Labute approximate surface area is 159 Å². The molecule has 0 atom stereocenters. The van der Waals surface area contributed by atoms with E-state index in [0.717, 1.165) is 25.9 Å². The molecule has 1 aromatic heterocycles. The zero-order valence-electron chi connectivity index (χ0n) is 16.2. The van der Waals surface area contributed by atoms with Crippen LogP contribution in [0.5, 0.6) is 0 Å². The zero-order chi connectivity index (χ0) is 19.3. The summed E-state index contributed by atoms with van der Waals surface area (Å²) in [6.45, 7) is 3.85. The number of aromatic nitrogens is 2. The lowest BCUT2D eigenvalue weighted by Crippen LogP contribution is -2.61. The van der Waals surface area contributed by atoms with Gasteiger partial charge in [-0.2, -0.15) is 0 Å². The van der Waals surface area contributed by atoms with Crippen molar-refractivity contribution in [2.24, 2.45) is 5.41 Å². The first-order valence-corrected chi connectivity index (χ1v) is 9.52. The van der Waals surface area contributed by atoms with Crippen molar-refractivity contribution in [3.05, 3.63) is 23.8 Å². The minimum atomic E-state index is -0.466. The molecule has 3 saturated heterocycles. The van der Waals surface area contributed by atoms with Crippen molar-refractivity contribution in [3.63, 3.8) is 0 Å². The van der Waals surface area contributed by atoms with Crippen LogP contribution in [0.2, 0.25) is 0 Å². The van der Waals surface area contributed by atoms with Gasteiger partial charge in [0.25, 0.3) is 5.91 Å². The first-order chi connectivity index (χ1) is 12.8. The highest BCUT2D eigenvalue weighted by molar-refractivity contribution is 5.93. The smallest absolute Gasteiger partial charge is 0.271 e. The predicted molar refractivity (Wildman–Crippen MR) is 98.1 cm³/mol. The van der Waals surface area contributed by atoms with Gasteiger partial charge in [0.2, 0.25) is 5.91 Å². The van der Waals surface area contributed by atoms with E-state index in [-0.39, 0.29) is 11.8 Å². The summed E-state index contributed by atoms with van der Waals surface area (Å²) in [5.74, 6) is -0.102. The fourth-order valence-electron chi connectivity index (χ4n) is 5.26. The van der Waals surface area contributed by atoms with Crippen molar-refractivity contribution in [1.29, 1.82) is 0 Å². The van der Waals surface area contributed by atoms with E-state index >= 15 is 0 Å². The molecule has 1 aromatic rings. The highest BCUT2D eigenvalue weighted by Crippen LogP contribution is 2.69. The molecular formula is C19H27N5O3. The molecule has 2 bridgehead atoms. The molecule has 27 heavy (non-hydrogen) atoms. The molecule has 1 aliphatic carbocycles. The Bertz CT molecular complexity index is 766. The van der Waals surface area contributed by atoms with E-state index in [9.17, 15) is 9.59 Å². The topological polar surface area (TPSA) is 96.5 Å². The maximum Gasteiger partial charge on any atom is 0.271 e. The molecule has 3 aliphatic heterocycles. The normalized spacial score (nSPS) is 30.6. The van der Waals surface area contributed by atoms with E-state index in [4.69, 9.17) is 4.74 Å². The predicted octanol–water partition coefficient (Wildman–Crippen LogP) is 0.274. The highest BCUT2D eigenvalue weighted by atomic mass is 16.5. The number of amides is 2. The van der Waals surface area contributed by atoms with E-state index in [1.807, 2.05) is 14.1 Å². The minimum Gasteiger partial charge on any atom is -0.365 e. The molecule has 0 radical (unpaired) electrons. The lowest BCUT2D eigenvalue weighted by atomic mass is 9.53. The van der Waals surface area contributed by atoms with E-state index in [0.29, 0.717) is 30.8 Å². The maximum atomic E-state index is 13.0. The summed E-state index contributed by atoms with van der Waals surface area (Å²) >= 11 is 0. The molecular weight excluding hydrogens is 346 g/mol. The molecule has 146 valence electrons. The van der Waals surface area contributed by atoms with E-state index in [1.165, 1.54) is 6.20 Å². The fourth-order valence-corrected chi connectivity index (χ4v) is 5.26. The van der Waals surface area contributed by atoms with Crippen molar-refractivity contribution in [1.82, 2.24) is 25.5 Å². The molecule has 4 fully saturated rings. The van der Waals surface area contributed by atoms with Gasteiger partial charge in [0.1, 0.15) is 5.69 Å². The Morgan fingerprint density at radius 3 is 2.52 bits per heavy atom. The molecule has 4 aliphatic rings. The van der Waals surface area contributed by atoms with E-state index < -0.39 is 16.6 Å². The molecule has 8 heteroatoms. The lowest BCUT2D eigenvalue weighted by Gasteiger charge is -2.49. The Morgan fingerprint density at radius 1 is 1.22 bits per heavy atom. The monoisotopic (exact) mass is 373 g/mol. The molecule has 2 N–H and O–H groups in total. The summed E-state index contributed by atoms with van der Waals surface area (Å²) in [4.78, 5) is 35.5. The van der Waals surface area contributed by atoms with Crippen LogP contribution in [0.4, 0.5) is 0 Å². The van der Waals surface area contributed by atoms with Gasteiger partial charge in [-0.3, -0.25) is 14.6 Å². The van der Waals surface area contributed by atoms with Gasteiger partial charge < -0.3 is 20.3 Å². The molecule has 2 amide bonds. The first-order valence-electron chi connectivity index (χ1n) is 9.52. The standard InChI is InChI=1S/C19H27N5O3/c1-13-14(22-9-8-21-13)15(25)23-12-17-10-18(11-17,16(26)24(2)3)19(27-17)4-6-20-7-5-19/h8-9,20H,4-7,10-12H2,1-3H3,(H,23,25). The lowest BCUT2D eigenvalue weighted by molar-refractivity contribution is -0.149. The van der Waals surface area contributed by atoms with Crippen LogP contribution in [0.15, 0.2) is 12.4 Å². The van der Waals surface area contributed by atoms with Crippen LogP contribution in [0.25, 0.3) is 0 Å². The SMILES string of the molecule is Cc1nccnc1C(=O)NCC12CC(C(=O)N(C)C)(C1)C1(CCNCC1)O2. The first kappa shape index (κ1) is 18.3. The van der Waals surface area contributed by atoms with Gasteiger partial charge in [-0.05, 0) is 45.7 Å². The van der Waals surface area contributed by atoms with Crippen LogP contribution < -0.4 is 10.6 Å². The quantitative estimate of drug-likeness (QED) is 0.787. The largest absolute Gasteiger partial charge is 0.365 e. The molecule has 0 unspecified atom stereocenters. The van der Waals surface area contributed by atoms with Crippen LogP contribution in [0, 0.1) is 12.3 Å². The van der Waals surface area contributed by atoms with Crippen molar-refractivity contribution >= 4 is 11.8 Å². The summed E-state index contributed by atoms with van der Waals surface area (Å²) in [6.07, 6.45) is 6.06. The Balaban J connectivity index is 1.51. The van der Waals surface area contributed by atoms with Gasteiger partial charge in [0.05, 0.1) is 22.3 Å². The summed E-state index contributed by atoms with van der Waals surface area (Å²) in [6, 6.07) is 0. The number of ether oxygens (including phenoxy) is 1. The summed E-state index contributed by atoms with van der Waals surface area (Å²) in [5, 5.41) is 6.32. The highest BCUT2D eigenvalue weighted by Gasteiger charge is 2.77. The number of hydrogen-bond acceptors (Lipinski definition) is 6. The second-order valence-electron chi connectivity index (χ2n) is 8.34. The van der Waals surface area contributed by atoms with Crippen LogP contribution in [-0.4, -0.2) is 71.6 Å². The number of rotatable bonds is 4. The second-order valence-corrected chi connectivity index (χ2v) is 8.34. The van der Waals surface area contributed by atoms with Gasteiger partial charge in [-0.25, -0.2) is 4.98 Å². The summed E-state index contributed by atoms with van der Waals surface area (Å²) in [7, 11) is 3.62. The average molecular weight is 373 g/mol. The summed E-state index contributed by atoms with van der Waals surface area (Å²) in [5.41, 5.74) is -0.424. The molecule has 5 rings (SSSR count). The van der Waals surface area contributed by atoms with Crippen LogP contribution in [0.3, 0.4) is 0 Å². The third-order valence-corrected chi connectivity index (χ3v) is 6.43. The third-order valence-electron chi connectivity index (χ3n) is 6.43.